The number of hydrogen-bond acceptors (Lipinski definition) is 3. The Hall–Kier alpha value is -0.930. The molecule has 0 saturated heterocycles. The third-order valence-electron chi connectivity index (χ3n) is 5.00. The molecule has 1 saturated carbocycles. The average Bonchev–Trinajstić information content (AvgIpc) is 2.52. The maximum absolute atomic E-state index is 6.25. The van der Waals surface area contributed by atoms with Crippen LogP contribution in [-0.2, 0) is 6.42 Å². The molecule has 3 heteroatoms. The minimum atomic E-state index is 0.232. The van der Waals surface area contributed by atoms with E-state index in [1.54, 1.807) is 0 Å². The molecule has 1 aliphatic carbocycles. The Morgan fingerprint density at radius 3 is 2.90 bits per heavy atom. The Bertz CT molecular complexity index is 406. The highest BCUT2D eigenvalue weighted by Gasteiger charge is 2.38. The molecule has 3 nitrogen and oxygen atoms in total. The molecule has 2 rings (SSSR count). The molecule has 0 amide bonds. The summed E-state index contributed by atoms with van der Waals surface area (Å²) in [5.74, 6) is 0.806. The molecule has 118 valence electrons. The summed E-state index contributed by atoms with van der Waals surface area (Å²) in [6.45, 7) is 7.71. The highest BCUT2D eigenvalue weighted by molar-refractivity contribution is 5.09. The van der Waals surface area contributed by atoms with Gasteiger partial charge in [0.2, 0.25) is 0 Å². The Kier molecular flexibility index (Phi) is 6.19. The lowest BCUT2D eigenvalue weighted by Crippen LogP contribution is -2.57. The Balaban J connectivity index is 2.05. The fourth-order valence-corrected chi connectivity index (χ4v) is 3.90. The van der Waals surface area contributed by atoms with Crippen molar-refractivity contribution in [3.8, 4) is 0 Å². The van der Waals surface area contributed by atoms with Crippen LogP contribution in [0.3, 0.4) is 0 Å². The lowest BCUT2D eigenvalue weighted by Gasteiger charge is -2.48. The average molecular weight is 289 g/mol. The standard InChI is InChI=1S/C18H31N3/c1-3-11-21(12-8-17-7-5-10-20-14-17)18(15-19)9-4-6-16(2)13-18/h5,7,10,14,16H,3-4,6,8-9,11-13,15,19H2,1-2H3. The first-order valence-electron chi connectivity index (χ1n) is 8.54. The smallest absolute Gasteiger partial charge is 0.0334 e. The highest BCUT2D eigenvalue weighted by Crippen LogP contribution is 2.36. The van der Waals surface area contributed by atoms with E-state index >= 15 is 0 Å². The normalized spacial score (nSPS) is 26.2. The van der Waals surface area contributed by atoms with Gasteiger partial charge in [-0.15, -0.1) is 0 Å². The highest BCUT2D eigenvalue weighted by atomic mass is 15.2. The van der Waals surface area contributed by atoms with Gasteiger partial charge in [-0.3, -0.25) is 9.88 Å². The Labute approximate surface area is 129 Å². The predicted octanol–water partition coefficient (Wildman–Crippen LogP) is 3.24. The van der Waals surface area contributed by atoms with E-state index < -0.39 is 0 Å². The van der Waals surface area contributed by atoms with Gasteiger partial charge in [0.1, 0.15) is 0 Å². The molecular weight excluding hydrogens is 258 g/mol. The van der Waals surface area contributed by atoms with Crippen LogP contribution < -0.4 is 5.73 Å². The van der Waals surface area contributed by atoms with Gasteiger partial charge in [0.15, 0.2) is 0 Å². The molecule has 0 aliphatic heterocycles. The minimum Gasteiger partial charge on any atom is -0.329 e. The molecule has 1 heterocycles. The number of nitrogens with two attached hydrogens (primary N) is 1. The van der Waals surface area contributed by atoms with Gasteiger partial charge in [-0.05, 0) is 49.8 Å². The molecule has 2 N–H and O–H groups in total. The van der Waals surface area contributed by atoms with E-state index in [1.807, 2.05) is 18.5 Å². The molecule has 0 spiro atoms. The summed E-state index contributed by atoms with van der Waals surface area (Å²) in [5, 5.41) is 0. The van der Waals surface area contributed by atoms with Crippen LogP contribution in [0.25, 0.3) is 0 Å². The summed E-state index contributed by atoms with van der Waals surface area (Å²) < 4.78 is 0. The minimum absolute atomic E-state index is 0.232. The van der Waals surface area contributed by atoms with Crippen molar-refractivity contribution in [1.82, 2.24) is 9.88 Å². The second-order valence-electron chi connectivity index (χ2n) is 6.73. The molecule has 0 bridgehead atoms. The summed E-state index contributed by atoms with van der Waals surface area (Å²) in [6.07, 6.45) is 11.3. The van der Waals surface area contributed by atoms with E-state index in [-0.39, 0.29) is 5.54 Å². The first kappa shape index (κ1) is 16.4. The largest absolute Gasteiger partial charge is 0.329 e. The SMILES string of the molecule is CCCN(CCc1cccnc1)C1(CN)CCCC(C)C1. The third kappa shape index (κ3) is 4.27. The zero-order valence-electron chi connectivity index (χ0n) is 13.7. The van der Waals surface area contributed by atoms with E-state index in [4.69, 9.17) is 5.73 Å². The van der Waals surface area contributed by atoms with E-state index in [1.165, 1.54) is 37.7 Å². The Morgan fingerprint density at radius 1 is 1.43 bits per heavy atom. The van der Waals surface area contributed by atoms with Crippen molar-refractivity contribution in [3.63, 3.8) is 0 Å². The lowest BCUT2D eigenvalue weighted by atomic mass is 9.75. The molecule has 1 fully saturated rings. The van der Waals surface area contributed by atoms with Crippen molar-refractivity contribution < 1.29 is 0 Å². The van der Waals surface area contributed by atoms with Crippen LogP contribution >= 0.6 is 0 Å². The molecule has 2 atom stereocenters. The summed E-state index contributed by atoms with van der Waals surface area (Å²) in [7, 11) is 0. The third-order valence-corrected chi connectivity index (χ3v) is 5.00. The van der Waals surface area contributed by atoms with Gasteiger partial charge in [-0.1, -0.05) is 32.8 Å². The number of pyridine rings is 1. The van der Waals surface area contributed by atoms with Crippen LogP contribution in [-0.4, -0.2) is 35.1 Å². The van der Waals surface area contributed by atoms with Gasteiger partial charge in [0.05, 0.1) is 0 Å². The van der Waals surface area contributed by atoms with Gasteiger partial charge in [0, 0.05) is 31.0 Å². The molecule has 1 aromatic rings. The van der Waals surface area contributed by atoms with Crippen molar-refractivity contribution in [2.24, 2.45) is 11.7 Å². The zero-order valence-corrected chi connectivity index (χ0v) is 13.7. The van der Waals surface area contributed by atoms with Crippen molar-refractivity contribution in [2.75, 3.05) is 19.6 Å². The molecule has 0 aromatic carbocycles. The van der Waals surface area contributed by atoms with E-state index in [2.05, 4.69) is 29.8 Å². The fourth-order valence-electron chi connectivity index (χ4n) is 3.90. The van der Waals surface area contributed by atoms with Gasteiger partial charge in [-0.25, -0.2) is 0 Å². The molecule has 2 unspecified atom stereocenters. The van der Waals surface area contributed by atoms with Crippen molar-refractivity contribution in [3.05, 3.63) is 30.1 Å². The summed E-state index contributed by atoms with van der Waals surface area (Å²) >= 11 is 0. The van der Waals surface area contributed by atoms with Gasteiger partial charge < -0.3 is 5.73 Å². The Morgan fingerprint density at radius 2 is 2.29 bits per heavy atom. The first-order valence-corrected chi connectivity index (χ1v) is 8.54. The number of aromatic nitrogens is 1. The van der Waals surface area contributed by atoms with Crippen LogP contribution in [0.1, 0.15) is 51.5 Å². The van der Waals surface area contributed by atoms with E-state index in [9.17, 15) is 0 Å². The molecule has 0 radical (unpaired) electrons. The fraction of sp³-hybridized carbons (Fsp3) is 0.722. The summed E-state index contributed by atoms with van der Waals surface area (Å²) in [4.78, 5) is 6.90. The van der Waals surface area contributed by atoms with Gasteiger partial charge >= 0.3 is 0 Å². The predicted molar refractivity (Wildman–Crippen MR) is 89.2 cm³/mol. The molecular formula is C18H31N3. The van der Waals surface area contributed by atoms with Gasteiger partial charge in [0.25, 0.3) is 0 Å². The monoisotopic (exact) mass is 289 g/mol. The maximum Gasteiger partial charge on any atom is 0.0334 e. The molecule has 21 heavy (non-hydrogen) atoms. The van der Waals surface area contributed by atoms with Crippen LogP contribution in [0.4, 0.5) is 0 Å². The van der Waals surface area contributed by atoms with Gasteiger partial charge in [-0.2, -0.15) is 0 Å². The topological polar surface area (TPSA) is 42.2 Å². The van der Waals surface area contributed by atoms with Crippen LogP contribution in [0.5, 0.6) is 0 Å². The number of rotatable bonds is 7. The molecule has 1 aliphatic rings. The summed E-state index contributed by atoms with van der Waals surface area (Å²) in [5.41, 5.74) is 7.81. The van der Waals surface area contributed by atoms with Crippen LogP contribution in [0, 0.1) is 5.92 Å². The summed E-state index contributed by atoms with van der Waals surface area (Å²) in [6, 6.07) is 4.20. The van der Waals surface area contributed by atoms with Crippen molar-refractivity contribution in [1.29, 1.82) is 0 Å². The van der Waals surface area contributed by atoms with Crippen molar-refractivity contribution >= 4 is 0 Å². The van der Waals surface area contributed by atoms with E-state index in [0.717, 1.165) is 32.0 Å². The van der Waals surface area contributed by atoms with Crippen LogP contribution in [0.2, 0.25) is 0 Å². The maximum atomic E-state index is 6.25. The number of nitrogens with zero attached hydrogens (tertiary/aromatic N) is 2. The number of hydrogen-bond donors (Lipinski definition) is 1. The lowest BCUT2D eigenvalue weighted by molar-refractivity contribution is 0.0397. The van der Waals surface area contributed by atoms with Crippen molar-refractivity contribution in [2.45, 2.75) is 57.9 Å². The molecule has 1 aromatic heterocycles. The first-order chi connectivity index (χ1) is 10.2. The van der Waals surface area contributed by atoms with E-state index in [0.29, 0.717) is 0 Å². The second kappa shape index (κ2) is 7.90. The zero-order chi connectivity index (χ0) is 15.1. The second-order valence-corrected chi connectivity index (χ2v) is 6.73. The van der Waals surface area contributed by atoms with Crippen LogP contribution in [0.15, 0.2) is 24.5 Å². The quantitative estimate of drug-likeness (QED) is 0.838.